The number of benzene rings is 1. The Hall–Kier alpha value is -0.830. The minimum Gasteiger partial charge on any atom is -0.442 e. The number of aryl methyl sites for hydroxylation is 1. The lowest BCUT2D eigenvalue weighted by atomic mass is 10.0. The summed E-state index contributed by atoms with van der Waals surface area (Å²) in [6.45, 7) is 1.91. The van der Waals surface area contributed by atoms with Crippen LogP contribution in [0.4, 0.5) is 0 Å². The van der Waals surface area contributed by atoms with Crippen molar-refractivity contribution in [1.82, 2.24) is 0 Å². The summed E-state index contributed by atoms with van der Waals surface area (Å²) in [6.07, 6.45) is 0. The lowest BCUT2D eigenvalue weighted by Gasteiger charge is -1.99. The van der Waals surface area contributed by atoms with Crippen molar-refractivity contribution in [2.75, 3.05) is 0 Å². The molecule has 0 N–H and O–H groups in total. The van der Waals surface area contributed by atoms with Crippen molar-refractivity contribution in [3.05, 3.63) is 34.9 Å². The molecule has 0 saturated heterocycles. The molecule has 62 valence electrons. The fourth-order valence-electron chi connectivity index (χ4n) is 1.37. The van der Waals surface area contributed by atoms with Gasteiger partial charge in [-0.3, -0.25) is 0 Å². The molecule has 1 aliphatic heterocycles. The van der Waals surface area contributed by atoms with Gasteiger partial charge in [0.15, 0.2) is 5.01 Å². The van der Waals surface area contributed by atoms with E-state index in [0.29, 0.717) is 5.56 Å². The van der Waals surface area contributed by atoms with Crippen molar-refractivity contribution >= 4 is 21.9 Å². The van der Waals surface area contributed by atoms with Crippen molar-refractivity contribution in [2.24, 2.45) is 0 Å². The normalized spacial score (nSPS) is 20.5. The smallest absolute Gasteiger partial charge is 0.340 e. The number of hydrogen-bond acceptors (Lipinski definition) is 2. The van der Waals surface area contributed by atoms with Crippen LogP contribution in [0, 0.1) is 6.92 Å². The van der Waals surface area contributed by atoms with Crippen LogP contribution in [0.15, 0.2) is 18.2 Å². The molecular formula is C9H7BrO2. The number of cyclic esters (lactones) is 1. The highest BCUT2D eigenvalue weighted by atomic mass is 79.9. The Labute approximate surface area is 78.7 Å². The molecule has 2 rings (SSSR count). The molecule has 3 heteroatoms. The summed E-state index contributed by atoms with van der Waals surface area (Å²) in [5.74, 6) is -0.232. The maximum Gasteiger partial charge on any atom is 0.340 e. The van der Waals surface area contributed by atoms with Gasteiger partial charge in [-0.25, -0.2) is 4.79 Å². The minimum atomic E-state index is -0.264. The van der Waals surface area contributed by atoms with E-state index < -0.39 is 0 Å². The molecule has 1 unspecified atom stereocenters. The Bertz CT molecular complexity index is 346. The van der Waals surface area contributed by atoms with Crippen molar-refractivity contribution in [2.45, 2.75) is 11.9 Å². The Balaban J connectivity index is 2.67. The zero-order valence-corrected chi connectivity index (χ0v) is 8.09. The van der Waals surface area contributed by atoms with Crippen LogP contribution in [0.25, 0.3) is 0 Å². The third kappa shape index (κ3) is 0.966. The number of fused-ring (bicyclic) bond motifs is 1. The Morgan fingerprint density at radius 3 is 2.92 bits per heavy atom. The van der Waals surface area contributed by atoms with Crippen LogP contribution < -0.4 is 0 Å². The van der Waals surface area contributed by atoms with E-state index in [1.165, 1.54) is 0 Å². The maximum absolute atomic E-state index is 11.2. The molecule has 0 saturated carbocycles. The molecule has 2 nitrogen and oxygen atoms in total. The van der Waals surface area contributed by atoms with Crippen molar-refractivity contribution in [1.29, 1.82) is 0 Å². The number of esters is 1. The number of carbonyl (C=O) groups is 1. The number of halogens is 1. The van der Waals surface area contributed by atoms with E-state index in [4.69, 9.17) is 4.74 Å². The second kappa shape index (κ2) is 2.59. The predicted octanol–water partition coefficient (Wildman–Crippen LogP) is 2.56. The van der Waals surface area contributed by atoms with Gasteiger partial charge in [-0.2, -0.15) is 0 Å². The molecule has 1 aromatic carbocycles. The molecule has 0 radical (unpaired) electrons. The van der Waals surface area contributed by atoms with Crippen molar-refractivity contribution in [3.63, 3.8) is 0 Å². The molecular weight excluding hydrogens is 220 g/mol. The second-order valence-corrected chi connectivity index (χ2v) is 3.59. The van der Waals surface area contributed by atoms with Gasteiger partial charge in [0.2, 0.25) is 0 Å². The van der Waals surface area contributed by atoms with Gasteiger partial charge >= 0.3 is 5.97 Å². The van der Waals surface area contributed by atoms with Crippen LogP contribution in [-0.2, 0) is 4.74 Å². The topological polar surface area (TPSA) is 26.3 Å². The third-order valence-electron chi connectivity index (χ3n) is 1.96. The number of alkyl halides is 1. The summed E-state index contributed by atoms with van der Waals surface area (Å²) in [6, 6.07) is 5.72. The van der Waals surface area contributed by atoms with Crippen molar-refractivity contribution < 1.29 is 9.53 Å². The molecule has 1 aromatic rings. The van der Waals surface area contributed by atoms with Gasteiger partial charge in [0, 0.05) is 5.56 Å². The first-order valence-corrected chi connectivity index (χ1v) is 4.56. The van der Waals surface area contributed by atoms with Crippen LogP contribution >= 0.6 is 15.9 Å². The monoisotopic (exact) mass is 226 g/mol. The van der Waals surface area contributed by atoms with Crippen LogP contribution in [0.1, 0.15) is 26.5 Å². The summed E-state index contributed by atoms with van der Waals surface area (Å²) >= 11 is 3.27. The van der Waals surface area contributed by atoms with E-state index >= 15 is 0 Å². The highest BCUT2D eigenvalue weighted by molar-refractivity contribution is 9.09. The first-order chi connectivity index (χ1) is 5.70. The van der Waals surface area contributed by atoms with Gasteiger partial charge in [-0.05, 0) is 28.4 Å². The maximum atomic E-state index is 11.2. The van der Waals surface area contributed by atoms with E-state index in [9.17, 15) is 4.79 Å². The number of rotatable bonds is 0. The number of hydrogen-bond donors (Lipinski definition) is 0. The molecule has 1 aliphatic rings. The average molecular weight is 227 g/mol. The zero-order valence-electron chi connectivity index (χ0n) is 6.50. The van der Waals surface area contributed by atoms with Gasteiger partial charge in [0.1, 0.15) is 0 Å². The Morgan fingerprint density at radius 2 is 2.25 bits per heavy atom. The van der Waals surface area contributed by atoms with E-state index in [1.54, 1.807) is 0 Å². The lowest BCUT2D eigenvalue weighted by Crippen LogP contribution is -1.96. The van der Waals surface area contributed by atoms with Crippen LogP contribution in [0.5, 0.6) is 0 Å². The van der Waals surface area contributed by atoms with E-state index in [-0.39, 0.29) is 11.0 Å². The van der Waals surface area contributed by atoms with Gasteiger partial charge < -0.3 is 4.74 Å². The molecule has 0 bridgehead atoms. The molecule has 12 heavy (non-hydrogen) atoms. The van der Waals surface area contributed by atoms with Gasteiger partial charge in [0.05, 0.1) is 5.56 Å². The summed E-state index contributed by atoms with van der Waals surface area (Å²) in [7, 11) is 0. The largest absolute Gasteiger partial charge is 0.442 e. The standard InChI is InChI=1S/C9H7BrO2/c1-5-3-2-4-6-7(5)9(11)12-8(6)10/h2-4,8H,1H3. The van der Waals surface area contributed by atoms with Gasteiger partial charge in [0.25, 0.3) is 0 Å². The summed E-state index contributed by atoms with van der Waals surface area (Å²) in [5.41, 5.74) is 2.61. The Kier molecular flexibility index (Phi) is 1.68. The number of ether oxygens (including phenoxy) is 1. The molecule has 1 atom stereocenters. The first kappa shape index (κ1) is 7.80. The van der Waals surface area contributed by atoms with Crippen LogP contribution in [-0.4, -0.2) is 5.97 Å². The third-order valence-corrected chi connectivity index (χ3v) is 2.64. The molecule has 0 aromatic heterocycles. The average Bonchev–Trinajstić information content (AvgIpc) is 2.29. The van der Waals surface area contributed by atoms with Crippen LogP contribution in [0.2, 0.25) is 0 Å². The van der Waals surface area contributed by atoms with Crippen molar-refractivity contribution in [3.8, 4) is 0 Å². The minimum absolute atomic E-state index is 0.232. The first-order valence-electron chi connectivity index (χ1n) is 3.64. The highest BCUT2D eigenvalue weighted by Gasteiger charge is 2.29. The quantitative estimate of drug-likeness (QED) is 0.502. The van der Waals surface area contributed by atoms with E-state index in [2.05, 4.69) is 15.9 Å². The molecule has 0 amide bonds. The van der Waals surface area contributed by atoms with E-state index in [1.807, 2.05) is 25.1 Å². The fraction of sp³-hybridized carbons (Fsp3) is 0.222. The molecule has 0 spiro atoms. The van der Waals surface area contributed by atoms with Gasteiger partial charge in [-0.1, -0.05) is 18.2 Å². The number of carbonyl (C=O) groups excluding carboxylic acids is 1. The van der Waals surface area contributed by atoms with Gasteiger partial charge in [-0.15, -0.1) is 0 Å². The molecule has 1 heterocycles. The van der Waals surface area contributed by atoms with E-state index in [0.717, 1.165) is 11.1 Å². The fourth-order valence-corrected chi connectivity index (χ4v) is 1.93. The highest BCUT2D eigenvalue weighted by Crippen LogP contribution is 2.36. The molecule has 0 fully saturated rings. The summed E-state index contributed by atoms with van der Waals surface area (Å²) in [4.78, 5) is 11.2. The van der Waals surface area contributed by atoms with Crippen LogP contribution in [0.3, 0.4) is 0 Å². The predicted molar refractivity (Wildman–Crippen MR) is 48.3 cm³/mol. The Morgan fingerprint density at radius 1 is 1.50 bits per heavy atom. The second-order valence-electron chi connectivity index (χ2n) is 2.76. The molecule has 0 aliphatic carbocycles. The lowest BCUT2D eigenvalue weighted by molar-refractivity contribution is 0.0530. The summed E-state index contributed by atoms with van der Waals surface area (Å²) < 4.78 is 4.99. The SMILES string of the molecule is Cc1cccc2c1C(=O)OC2Br. The zero-order chi connectivity index (χ0) is 8.72. The summed E-state index contributed by atoms with van der Waals surface area (Å²) in [5, 5.41) is -0.264.